The third kappa shape index (κ3) is 4.03. The van der Waals surface area contributed by atoms with Crippen molar-refractivity contribution in [3.05, 3.63) is 28.7 Å². The molecule has 0 saturated carbocycles. The molecule has 1 saturated heterocycles. The van der Waals surface area contributed by atoms with Gasteiger partial charge in [0.1, 0.15) is 6.54 Å². The van der Waals surface area contributed by atoms with Crippen molar-refractivity contribution >= 4 is 33.0 Å². The van der Waals surface area contributed by atoms with E-state index in [1.165, 1.54) is 27.1 Å². The summed E-state index contributed by atoms with van der Waals surface area (Å²) in [5.74, 6) is -2.40. The van der Waals surface area contributed by atoms with Crippen LogP contribution in [0.15, 0.2) is 32.3 Å². The third-order valence-corrected chi connectivity index (χ3v) is 6.24. The normalized spacial score (nSPS) is 15.3. The fourth-order valence-corrected chi connectivity index (χ4v) is 4.51. The predicted molar refractivity (Wildman–Crippen MR) is 93.7 cm³/mol. The average molecular weight is 397 g/mol. The number of hydrogen-bond donors (Lipinski definition) is 2. The maximum Gasteiger partial charge on any atom is 0.419 e. The summed E-state index contributed by atoms with van der Waals surface area (Å²) in [7, 11) is -3.63. The van der Waals surface area contributed by atoms with E-state index < -0.39 is 34.2 Å². The number of amides is 1. The molecule has 0 radical (unpaired) electrons. The lowest BCUT2D eigenvalue weighted by Gasteiger charge is -2.15. The fourth-order valence-electron chi connectivity index (χ4n) is 2.97. The fraction of sp³-hybridized carbons (Fsp3) is 0.438. The van der Waals surface area contributed by atoms with Crippen LogP contribution in [0.5, 0.6) is 0 Å². The number of rotatable bonds is 7. The number of oxazole rings is 1. The maximum atomic E-state index is 12.6. The number of aryl methyl sites for hydroxylation is 1. The molecule has 1 aromatic heterocycles. The molecule has 1 aliphatic heterocycles. The van der Waals surface area contributed by atoms with Crippen LogP contribution in [0.25, 0.3) is 11.1 Å². The number of carboxylic acid groups (broad SMARTS) is 1. The van der Waals surface area contributed by atoms with Crippen molar-refractivity contribution in [2.45, 2.75) is 30.7 Å². The SMILES string of the molecule is O=C(O)CNC(=O)CCn1c(=O)oc2cc(S(=O)(=O)N3CCCC3)ccc21. The molecule has 2 aromatic rings. The highest BCUT2D eigenvalue weighted by atomic mass is 32.2. The summed E-state index contributed by atoms with van der Waals surface area (Å²) in [6.45, 7) is 0.417. The highest BCUT2D eigenvalue weighted by Gasteiger charge is 2.28. The lowest BCUT2D eigenvalue weighted by Crippen LogP contribution is -2.30. The molecule has 10 nitrogen and oxygen atoms in total. The number of aromatic nitrogens is 1. The zero-order valence-electron chi connectivity index (χ0n) is 14.4. The molecule has 0 bridgehead atoms. The van der Waals surface area contributed by atoms with Gasteiger partial charge in [0.25, 0.3) is 0 Å². The van der Waals surface area contributed by atoms with Gasteiger partial charge in [-0.15, -0.1) is 0 Å². The molecule has 0 atom stereocenters. The number of nitrogens with zero attached hydrogens (tertiary/aromatic N) is 2. The van der Waals surface area contributed by atoms with Crippen LogP contribution in [0.1, 0.15) is 19.3 Å². The molecular formula is C16H19N3O7S. The van der Waals surface area contributed by atoms with Crippen molar-refractivity contribution < 1.29 is 27.5 Å². The molecule has 0 unspecified atom stereocenters. The van der Waals surface area contributed by atoms with Crippen LogP contribution in [-0.2, 0) is 26.2 Å². The molecule has 0 spiro atoms. The van der Waals surface area contributed by atoms with E-state index in [-0.39, 0.29) is 23.4 Å². The lowest BCUT2D eigenvalue weighted by atomic mass is 10.3. The Hall–Kier alpha value is -2.66. The molecule has 27 heavy (non-hydrogen) atoms. The van der Waals surface area contributed by atoms with Gasteiger partial charge >= 0.3 is 11.7 Å². The second-order valence-corrected chi connectivity index (χ2v) is 8.12. The minimum atomic E-state index is -3.63. The molecule has 11 heteroatoms. The number of nitrogens with one attached hydrogen (secondary N) is 1. The summed E-state index contributed by atoms with van der Waals surface area (Å²) in [6.07, 6.45) is 1.52. The molecule has 146 valence electrons. The summed E-state index contributed by atoms with van der Waals surface area (Å²) >= 11 is 0. The molecule has 2 N–H and O–H groups in total. The van der Waals surface area contributed by atoms with Crippen molar-refractivity contribution in [2.24, 2.45) is 0 Å². The first-order chi connectivity index (χ1) is 12.8. The summed E-state index contributed by atoms with van der Waals surface area (Å²) < 4.78 is 33.0. The zero-order valence-corrected chi connectivity index (χ0v) is 15.2. The number of sulfonamides is 1. The van der Waals surface area contributed by atoms with Gasteiger partial charge in [-0.3, -0.25) is 14.2 Å². The first-order valence-electron chi connectivity index (χ1n) is 8.41. The van der Waals surface area contributed by atoms with E-state index in [2.05, 4.69) is 5.32 Å². The van der Waals surface area contributed by atoms with Crippen molar-refractivity contribution in [3.8, 4) is 0 Å². The maximum absolute atomic E-state index is 12.6. The van der Waals surface area contributed by atoms with Crippen molar-refractivity contribution in [2.75, 3.05) is 19.6 Å². The van der Waals surface area contributed by atoms with Crippen molar-refractivity contribution in [1.29, 1.82) is 0 Å². The van der Waals surface area contributed by atoms with Crippen LogP contribution in [0.3, 0.4) is 0 Å². The number of hydrogen-bond acceptors (Lipinski definition) is 6. The first kappa shape index (κ1) is 19.1. The molecule has 1 aromatic carbocycles. The highest BCUT2D eigenvalue weighted by molar-refractivity contribution is 7.89. The molecular weight excluding hydrogens is 378 g/mol. The van der Waals surface area contributed by atoms with Crippen molar-refractivity contribution in [3.63, 3.8) is 0 Å². The Balaban J connectivity index is 1.81. The van der Waals surface area contributed by atoms with Crippen LogP contribution in [0.4, 0.5) is 0 Å². The van der Waals surface area contributed by atoms with Crippen LogP contribution in [0.2, 0.25) is 0 Å². The van der Waals surface area contributed by atoms with E-state index in [9.17, 15) is 22.8 Å². The van der Waals surface area contributed by atoms with E-state index in [0.29, 0.717) is 18.6 Å². The van der Waals surface area contributed by atoms with E-state index in [4.69, 9.17) is 9.52 Å². The van der Waals surface area contributed by atoms with Crippen LogP contribution >= 0.6 is 0 Å². The molecule has 3 rings (SSSR count). The number of benzene rings is 1. The van der Waals surface area contributed by atoms with Gasteiger partial charge in [-0.2, -0.15) is 4.31 Å². The Kier molecular flexibility index (Phi) is 5.33. The molecule has 0 aliphatic carbocycles. The van der Waals surface area contributed by atoms with Gasteiger partial charge in [-0.1, -0.05) is 0 Å². The van der Waals surface area contributed by atoms with Gasteiger partial charge in [0.05, 0.1) is 10.4 Å². The number of aliphatic carboxylic acids is 1. The standard InChI is InChI=1S/C16H19N3O7S/c20-14(17-10-15(21)22)5-8-19-12-4-3-11(9-13(12)26-16(19)23)27(24,25)18-6-1-2-7-18/h3-4,9H,1-2,5-8,10H2,(H,17,20)(H,21,22). The van der Waals surface area contributed by atoms with Crippen molar-refractivity contribution in [1.82, 2.24) is 14.2 Å². The van der Waals surface area contributed by atoms with E-state index >= 15 is 0 Å². The van der Waals surface area contributed by atoms with E-state index in [1.807, 2.05) is 0 Å². The summed E-state index contributed by atoms with van der Waals surface area (Å²) in [6, 6.07) is 4.19. The van der Waals surface area contributed by atoms with Gasteiger partial charge in [0, 0.05) is 32.1 Å². The van der Waals surface area contributed by atoms with Crippen LogP contribution in [-0.4, -0.2) is 53.9 Å². The molecule has 2 heterocycles. The largest absolute Gasteiger partial charge is 0.480 e. The van der Waals surface area contributed by atoms with Gasteiger partial charge in [0.2, 0.25) is 15.9 Å². The topological polar surface area (TPSA) is 139 Å². The van der Waals surface area contributed by atoms with Gasteiger partial charge in [-0.25, -0.2) is 13.2 Å². The molecule has 1 amide bonds. The molecule has 1 fully saturated rings. The third-order valence-electron chi connectivity index (χ3n) is 4.34. The zero-order chi connectivity index (χ0) is 19.6. The Bertz CT molecular complexity index is 1030. The first-order valence-corrected chi connectivity index (χ1v) is 9.85. The average Bonchev–Trinajstić information content (AvgIpc) is 3.25. The van der Waals surface area contributed by atoms with Gasteiger partial charge in [0.15, 0.2) is 5.58 Å². The quantitative estimate of drug-likeness (QED) is 0.669. The number of carbonyl (C=O) groups excluding carboxylic acids is 1. The Morgan fingerprint density at radius 3 is 2.59 bits per heavy atom. The monoisotopic (exact) mass is 397 g/mol. The Labute approximate surface area is 154 Å². The predicted octanol–water partition coefficient (Wildman–Crippen LogP) is -0.0301. The number of fused-ring (bicyclic) bond motifs is 1. The van der Waals surface area contributed by atoms with Crippen LogP contribution in [0, 0.1) is 0 Å². The van der Waals surface area contributed by atoms with Gasteiger partial charge in [-0.05, 0) is 25.0 Å². The second-order valence-electron chi connectivity index (χ2n) is 6.18. The van der Waals surface area contributed by atoms with E-state index in [0.717, 1.165) is 12.8 Å². The summed E-state index contributed by atoms with van der Waals surface area (Å²) in [4.78, 5) is 34.2. The summed E-state index contributed by atoms with van der Waals surface area (Å²) in [5, 5.41) is 10.7. The highest BCUT2D eigenvalue weighted by Crippen LogP contribution is 2.24. The lowest BCUT2D eigenvalue weighted by molar-refractivity contribution is -0.138. The number of carbonyl (C=O) groups is 2. The van der Waals surface area contributed by atoms with E-state index in [1.54, 1.807) is 0 Å². The van der Waals surface area contributed by atoms with Crippen LogP contribution < -0.4 is 11.1 Å². The Morgan fingerprint density at radius 1 is 1.22 bits per heavy atom. The molecule has 1 aliphatic rings. The number of carboxylic acids is 1. The Morgan fingerprint density at radius 2 is 1.93 bits per heavy atom. The smallest absolute Gasteiger partial charge is 0.419 e. The van der Waals surface area contributed by atoms with Gasteiger partial charge < -0.3 is 14.8 Å². The summed E-state index contributed by atoms with van der Waals surface area (Å²) in [5.41, 5.74) is 0.484. The minimum Gasteiger partial charge on any atom is -0.480 e. The minimum absolute atomic E-state index is 0.0183. The second kappa shape index (κ2) is 7.53.